The standard InChI is InChI=1S/C33H25N5O10S3.2C29H23N5O7S2.7Na/c1-19-13-24(10-12-29(19)37-35-25-8-7-20-15-26(49-47-45-40)18-31(28(20)17-25)51(42,43)44)36-38-32-30(50-48-46-41)16-21-14-23(9-11-27(21)33(32)39)34-22-5-3-2-4-6-22;1-18-15-23(10-14-26(18)33-31-21-7-11-24(12-8-21)42-40-38-36)32-34-28-27(43-41-39-37)17-19-16-22(9-13-25(19)29(28)35)30-20-5-3-2-4-6-20;1-18-15-23(32-31-21-7-11-24(12-8-21)42-40-38-36)10-14-26(18)33-34-28-27(43-41-39-37)17-19-16-22(9-13-25(19)29(28)35)30-20-5-3-2-4-6-20;;;;;;;/h2-18,34,39-41H,1H3,(H,42,43,44);2*2-17,30,35-37H,1H3;;;;;;;/q;;;7*+1/p-7. The number of nitrogens with one attached hydrogen (secondary N) is 3. The van der Waals surface area contributed by atoms with Crippen LogP contribution in [-0.2, 0) is 66.4 Å². The number of azo groups is 6. The van der Waals surface area contributed by atoms with Gasteiger partial charge in [0.05, 0.1) is 143 Å². The predicted octanol–water partition coefficient (Wildman–Crippen LogP) is 2.75. The average molecular weight is 2140 g/mol. The van der Waals surface area contributed by atoms with Crippen molar-refractivity contribution in [3.63, 3.8) is 0 Å². The van der Waals surface area contributed by atoms with Crippen molar-refractivity contribution in [2.45, 2.75) is 55.0 Å². The second-order valence-electron chi connectivity index (χ2n) is 28.2. The summed E-state index contributed by atoms with van der Waals surface area (Å²) in [5, 5.41) is 181. The minimum absolute atomic E-state index is 0. The third kappa shape index (κ3) is 36.0. The van der Waals surface area contributed by atoms with E-state index in [0.29, 0.717) is 157 Å². The van der Waals surface area contributed by atoms with E-state index >= 15 is 0 Å². The second-order valence-corrected chi connectivity index (χ2v) is 34.1. The number of aromatic hydroxyl groups is 3. The summed E-state index contributed by atoms with van der Waals surface area (Å²) in [5.74, 6) is -0.461. The molecule has 0 atom stereocenters. The number of aryl methyl sites for hydroxylation is 3. The van der Waals surface area contributed by atoms with E-state index in [0.717, 1.165) is 75.4 Å². The molecular formula is C91H64N15Na7O24S7. The Morgan fingerprint density at radius 1 is 0.257 bits per heavy atom. The van der Waals surface area contributed by atoms with Crippen LogP contribution in [0.1, 0.15) is 16.7 Å². The van der Waals surface area contributed by atoms with Gasteiger partial charge in [-0.05, 0) is 296 Å². The van der Waals surface area contributed by atoms with Crippen molar-refractivity contribution >= 4 is 228 Å². The summed E-state index contributed by atoms with van der Waals surface area (Å²) in [7, 11) is -4.91. The molecule has 696 valence electrons. The summed E-state index contributed by atoms with van der Waals surface area (Å²) in [6.07, 6.45) is 0. The molecule has 0 bridgehead atoms. The molecule has 53 heteroatoms. The summed E-state index contributed by atoms with van der Waals surface area (Å²) >= 11 is 3.81. The van der Waals surface area contributed by atoms with Crippen LogP contribution in [-0.4, -0.2) is 28.3 Å². The predicted molar refractivity (Wildman–Crippen MR) is 498 cm³/mol. The number of rotatable bonds is 37. The molecule has 39 nitrogen and oxygen atoms in total. The van der Waals surface area contributed by atoms with Gasteiger partial charge in [-0.25, -0.2) is 8.42 Å². The Morgan fingerprint density at radius 2 is 0.535 bits per heavy atom. The Morgan fingerprint density at radius 3 is 0.868 bits per heavy atom. The first kappa shape index (κ1) is 124. The van der Waals surface area contributed by atoms with Gasteiger partial charge in [0.1, 0.15) is 27.2 Å². The molecule has 0 aliphatic carbocycles. The van der Waals surface area contributed by atoms with Gasteiger partial charge in [0.2, 0.25) is 0 Å². The molecule has 0 spiro atoms. The maximum atomic E-state index is 12.0. The first-order valence-corrected chi connectivity index (χ1v) is 45.3. The van der Waals surface area contributed by atoms with Crippen LogP contribution >= 0.6 is 72.3 Å². The van der Waals surface area contributed by atoms with Gasteiger partial charge < -0.3 is 67.4 Å². The van der Waals surface area contributed by atoms with Crippen LogP contribution in [0.3, 0.4) is 0 Å². The summed E-state index contributed by atoms with van der Waals surface area (Å²) in [4.78, 5) is 1.86. The zero-order valence-electron chi connectivity index (χ0n) is 77.4. The monoisotopic (exact) mass is 2140 g/mol. The Bertz CT molecular complexity index is 7300. The third-order valence-corrected chi connectivity index (χ3v) is 23.7. The Balaban J connectivity index is 0.000000287. The van der Waals surface area contributed by atoms with Crippen molar-refractivity contribution in [2.75, 3.05) is 16.0 Å². The number of para-hydroxylation sites is 3. The number of hydrogen-bond acceptors (Lipinski definition) is 45. The number of benzene rings is 16. The molecule has 144 heavy (non-hydrogen) atoms. The fourth-order valence-corrected chi connectivity index (χ4v) is 16.4. The number of phenols is 3. The summed E-state index contributed by atoms with van der Waals surface area (Å²) in [6, 6.07) is 86.4. The fourth-order valence-electron chi connectivity index (χ4n) is 13.0. The van der Waals surface area contributed by atoms with Gasteiger partial charge in [-0.15, -0.1) is 15.3 Å². The van der Waals surface area contributed by atoms with Crippen LogP contribution < -0.4 is 254 Å². The maximum absolute atomic E-state index is 12.0. The second kappa shape index (κ2) is 63.4. The van der Waals surface area contributed by atoms with Crippen molar-refractivity contribution in [3.8, 4) is 17.2 Å². The van der Waals surface area contributed by atoms with Crippen LogP contribution in [0.4, 0.5) is 102 Å². The van der Waals surface area contributed by atoms with E-state index in [-0.39, 0.29) is 262 Å². The van der Waals surface area contributed by atoms with Gasteiger partial charge >= 0.3 is 207 Å². The van der Waals surface area contributed by atoms with Crippen molar-refractivity contribution < 1.29 is 323 Å². The summed E-state index contributed by atoms with van der Waals surface area (Å²) in [6.45, 7) is 5.45. The van der Waals surface area contributed by atoms with Crippen LogP contribution in [0.5, 0.6) is 17.2 Å². The molecular weight excluding hydrogens is 2070 g/mol. The number of nitrogens with zero attached hydrogens (tertiary/aromatic N) is 12. The van der Waals surface area contributed by atoms with Crippen LogP contribution in [0.25, 0.3) is 43.1 Å². The molecule has 16 rings (SSSR count). The molecule has 16 aromatic carbocycles. The molecule has 0 amide bonds. The Labute approximate surface area is 1000 Å². The Kier molecular flexibility index (Phi) is 54.7. The summed E-state index contributed by atoms with van der Waals surface area (Å²) in [5.41, 5.74) is 12.0. The van der Waals surface area contributed by atoms with Crippen LogP contribution in [0.2, 0.25) is 0 Å². The first-order valence-electron chi connectivity index (χ1n) is 39.4. The fraction of sp³-hybridized carbons (Fsp3) is 0.0330. The number of hydrogen-bond donors (Lipinski definition) is 6. The van der Waals surface area contributed by atoms with Gasteiger partial charge in [-0.2, -0.15) is 72.0 Å². The minimum Gasteiger partial charge on any atom is -0.744 e. The molecule has 0 aliphatic rings. The largest absolute Gasteiger partial charge is 1.00 e. The molecule has 0 radical (unpaired) electrons. The zero-order valence-corrected chi connectivity index (χ0v) is 97.1. The van der Waals surface area contributed by atoms with Gasteiger partial charge in [-0.1, -0.05) is 60.7 Å². The third-order valence-electron chi connectivity index (χ3n) is 19.2. The quantitative estimate of drug-likeness (QED) is 0.00814. The molecule has 16 aromatic rings. The number of anilines is 6. The van der Waals surface area contributed by atoms with E-state index in [4.69, 9.17) is 0 Å². The molecule has 0 unspecified atom stereocenters. The van der Waals surface area contributed by atoms with E-state index < -0.39 is 15.0 Å². The minimum atomic E-state index is -4.91. The van der Waals surface area contributed by atoms with Crippen molar-refractivity contribution in [1.29, 1.82) is 0 Å². The smallest absolute Gasteiger partial charge is 0.744 e. The van der Waals surface area contributed by atoms with Crippen molar-refractivity contribution in [2.24, 2.45) is 61.4 Å². The normalized spacial score (nSPS) is 11.2. The average Bonchev–Trinajstić information content (AvgIpc) is 0.788. The molecule has 0 heterocycles. The van der Waals surface area contributed by atoms with E-state index in [9.17, 15) is 59.8 Å². The van der Waals surface area contributed by atoms with Crippen LogP contribution in [0, 0.1) is 20.8 Å². The molecule has 0 fully saturated rings. The molecule has 0 saturated heterocycles. The SMILES string of the molecule is Cc1cc(N=Nc2c(SOO[O-])cc3cc(Nc4ccccc4)ccc3c2O)ccc1N=Nc1ccc(SOO[O-])cc1.Cc1cc(N=Nc2c(SOO[O-])cc3cc(Nc4ccccc4)ccc3c2O)ccc1N=Nc1ccc2cc(SOO[O-])cc(S(=O)(=O)[O-])c2c1.Cc1cc(N=Nc2ccc(SOO[O-])cc2)ccc1N=Nc1c(SOO[O-])cc2cc(Nc3ccccc3)ccc2c1O.[Na+].[Na+].[Na+].[Na+].[Na+].[Na+].[Na+]. The zero-order chi connectivity index (χ0) is 96.0. The maximum Gasteiger partial charge on any atom is 1.00 e. The van der Waals surface area contributed by atoms with E-state index in [1.807, 2.05) is 135 Å². The summed E-state index contributed by atoms with van der Waals surface area (Å²) < 4.78 is 62.4. The van der Waals surface area contributed by atoms with Crippen LogP contribution in [0.15, 0.2) is 393 Å². The van der Waals surface area contributed by atoms with E-state index in [2.05, 4.69) is 134 Å². The van der Waals surface area contributed by atoms with Gasteiger partial charge in [0.25, 0.3) is 0 Å². The molecule has 0 aliphatic heterocycles. The molecule has 0 aromatic heterocycles. The van der Waals surface area contributed by atoms with Crippen molar-refractivity contribution in [3.05, 3.63) is 314 Å². The number of phenolic OH excluding ortho intramolecular Hbond substituents is 3. The van der Waals surface area contributed by atoms with Crippen molar-refractivity contribution in [1.82, 2.24) is 0 Å². The molecule has 6 N–H and O–H groups in total. The Hall–Kier alpha value is -6.75. The van der Waals surface area contributed by atoms with Gasteiger partial charge in [0.15, 0.2) is 17.2 Å². The molecule has 0 saturated carbocycles. The number of fused-ring (bicyclic) bond motifs is 4. The van der Waals surface area contributed by atoms with Gasteiger partial charge in [0, 0.05) is 70.4 Å². The van der Waals surface area contributed by atoms with Gasteiger partial charge in [-0.3, -0.25) is 30.2 Å². The van der Waals surface area contributed by atoms with E-state index in [1.165, 1.54) is 12.1 Å². The first-order chi connectivity index (χ1) is 66.7. The topological polar surface area (TPSA) is 551 Å². The van der Waals surface area contributed by atoms with E-state index in [1.54, 1.807) is 165 Å².